The van der Waals surface area contributed by atoms with E-state index in [1.165, 1.54) is 63.5 Å². The molecule has 0 atom stereocenters. The summed E-state index contributed by atoms with van der Waals surface area (Å²) in [5.74, 6) is 0. The molecule has 0 amide bonds. The lowest BCUT2D eigenvalue weighted by atomic mass is 9.98. The minimum Gasteiger partial charge on any atom is -0.309 e. The van der Waals surface area contributed by atoms with Crippen LogP contribution in [0, 0.1) is 0 Å². The molecule has 4 heterocycles. The summed E-state index contributed by atoms with van der Waals surface area (Å²) < 4.78 is 4.92. The van der Waals surface area contributed by atoms with Gasteiger partial charge in [0.1, 0.15) is 0 Å². The summed E-state index contributed by atoms with van der Waals surface area (Å²) in [7, 11) is 0. The third kappa shape index (κ3) is 5.24. The van der Waals surface area contributed by atoms with Crippen molar-refractivity contribution in [2.24, 2.45) is 0 Å². The topological polar surface area (TPSA) is 34.0 Å². The summed E-state index contributed by atoms with van der Waals surface area (Å²) in [6.07, 6.45) is 3.96. The van der Waals surface area contributed by atoms with Gasteiger partial charge in [-0.1, -0.05) is 127 Å². The molecule has 0 N–H and O–H groups in total. The molecule has 0 saturated heterocycles. The van der Waals surface area contributed by atoms with Crippen LogP contribution >= 0.6 is 11.3 Å². The van der Waals surface area contributed by atoms with E-state index >= 15 is 0 Å². The number of rotatable bonds is 5. The molecule has 0 bridgehead atoms. The lowest BCUT2D eigenvalue weighted by Gasteiger charge is -2.27. The van der Waals surface area contributed by atoms with Gasteiger partial charge < -0.3 is 9.47 Å². The number of hydrogen-bond acceptors (Lipinski definition) is 4. The Morgan fingerprint density at radius 1 is 0.426 bits per heavy atom. The molecule has 5 heteroatoms. The van der Waals surface area contributed by atoms with E-state index in [0.717, 1.165) is 55.7 Å². The van der Waals surface area contributed by atoms with Crippen molar-refractivity contribution in [3.63, 3.8) is 0 Å². The highest BCUT2D eigenvalue weighted by atomic mass is 32.1. The van der Waals surface area contributed by atoms with Crippen LogP contribution in [0.3, 0.4) is 0 Å². The maximum atomic E-state index is 5.28. The van der Waals surface area contributed by atoms with E-state index in [-0.39, 0.29) is 0 Å². The van der Waals surface area contributed by atoms with E-state index in [2.05, 4.69) is 204 Å². The number of aromatic nitrogens is 3. The number of pyridine rings is 2. The van der Waals surface area contributed by atoms with Gasteiger partial charge in [-0.05, 0) is 94.0 Å². The molecule has 4 nitrogen and oxygen atoms in total. The number of anilines is 3. The number of benzene rings is 9. The number of nitrogens with zero attached hydrogens (tertiary/aromatic N) is 4. The van der Waals surface area contributed by atoms with E-state index in [0.29, 0.717) is 0 Å². The van der Waals surface area contributed by atoms with Gasteiger partial charge in [-0.2, -0.15) is 0 Å². The van der Waals surface area contributed by atoms with Crippen molar-refractivity contribution in [3.05, 3.63) is 207 Å². The van der Waals surface area contributed by atoms with E-state index < -0.39 is 0 Å². The molecule has 0 spiro atoms. The smallest absolute Gasteiger partial charge is 0.0970 e. The molecule has 0 aliphatic rings. The van der Waals surface area contributed by atoms with Gasteiger partial charge >= 0.3 is 0 Å². The summed E-state index contributed by atoms with van der Waals surface area (Å²) in [5.41, 5.74) is 10.8. The number of hydrogen-bond donors (Lipinski definition) is 0. The van der Waals surface area contributed by atoms with Crippen molar-refractivity contribution < 1.29 is 0 Å². The molecule has 0 unspecified atom stereocenters. The average molecular weight is 795 g/mol. The van der Waals surface area contributed by atoms with Crippen LogP contribution in [0.1, 0.15) is 0 Å². The Labute approximate surface area is 354 Å². The summed E-state index contributed by atoms with van der Waals surface area (Å²) in [4.78, 5) is 12.7. The number of fused-ring (bicyclic) bond motifs is 12. The standard InChI is InChI=1S/C56H34N4S/c1-2-14-39(15-3-1)60-49-20-10-8-17-44(49)48-32-37(24-27-50(48)60)42-28-29-57-56-46(42)26-23-38-31-41(34-58-55(38)56)59(40-25-22-35-12-4-5-13-36(35)30-40)51-33-53-54(45-18-7-6-16-43(45)51)47-19-9-11-21-52(47)61-53/h1-34H. The second-order valence-corrected chi connectivity index (χ2v) is 16.9. The van der Waals surface area contributed by atoms with Crippen molar-refractivity contribution in [1.29, 1.82) is 0 Å². The predicted octanol–water partition coefficient (Wildman–Crippen LogP) is 15.7. The number of para-hydroxylation sites is 2. The maximum Gasteiger partial charge on any atom is 0.0970 e. The van der Waals surface area contributed by atoms with Gasteiger partial charge in [-0.15, -0.1) is 11.3 Å². The SMILES string of the molecule is c1ccc(-n2c3ccccc3c3cc(-c4ccnc5c4ccc4cc(N(c6ccc7ccccc7c6)c6cc7sc8ccccc8c7c7ccccc67)cnc45)ccc32)cc1. The van der Waals surface area contributed by atoms with Crippen LogP contribution < -0.4 is 4.90 Å². The van der Waals surface area contributed by atoms with Crippen molar-refractivity contribution in [3.8, 4) is 16.8 Å². The fourth-order valence-electron chi connectivity index (χ4n) is 9.67. The van der Waals surface area contributed by atoms with Crippen molar-refractivity contribution in [2.75, 3.05) is 4.90 Å². The van der Waals surface area contributed by atoms with Gasteiger partial charge in [-0.3, -0.25) is 9.97 Å². The molecular weight excluding hydrogens is 761 g/mol. The molecule has 13 aromatic rings. The highest BCUT2D eigenvalue weighted by Crippen LogP contribution is 2.47. The first-order valence-corrected chi connectivity index (χ1v) is 21.5. The largest absolute Gasteiger partial charge is 0.309 e. The Kier molecular flexibility index (Phi) is 7.44. The van der Waals surface area contributed by atoms with Gasteiger partial charge in [0.05, 0.1) is 39.6 Å². The molecule has 4 aromatic heterocycles. The lowest BCUT2D eigenvalue weighted by molar-refractivity contribution is 1.18. The summed E-state index contributed by atoms with van der Waals surface area (Å²) in [6, 6.07) is 70.3. The zero-order valence-electron chi connectivity index (χ0n) is 32.8. The first-order chi connectivity index (χ1) is 30.2. The molecule has 13 rings (SSSR count). The van der Waals surface area contributed by atoms with Gasteiger partial charge in [0, 0.05) is 64.7 Å². The normalized spacial score (nSPS) is 11.9. The van der Waals surface area contributed by atoms with E-state index in [4.69, 9.17) is 9.97 Å². The first kappa shape index (κ1) is 34.0. The third-order valence-electron chi connectivity index (χ3n) is 12.4. The molecule has 0 fully saturated rings. The van der Waals surface area contributed by atoms with Crippen molar-refractivity contribution in [2.45, 2.75) is 0 Å². The lowest BCUT2D eigenvalue weighted by Crippen LogP contribution is -2.11. The maximum absolute atomic E-state index is 5.28. The summed E-state index contributed by atoms with van der Waals surface area (Å²) >= 11 is 1.85. The average Bonchev–Trinajstić information content (AvgIpc) is 3.87. The van der Waals surface area contributed by atoms with Crippen LogP contribution in [0.25, 0.3) is 102 Å². The van der Waals surface area contributed by atoms with Gasteiger partial charge in [-0.25, -0.2) is 0 Å². The number of thiophene rings is 1. The van der Waals surface area contributed by atoms with Gasteiger partial charge in [0.25, 0.3) is 0 Å². The van der Waals surface area contributed by atoms with Crippen LogP contribution in [0.15, 0.2) is 207 Å². The van der Waals surface area contributed by atoms with Crippen LogP contribution in [-0.4, -0.2) is 14.5 Å². The van der Waals surface area contributed by atoms with Crippen LogP contribution in [0.5, 0.6) is 0 Å². The Balaban J connectivity index is 0.994. The Hall–Kier alpha value is -7.86. The molecule has 0 aliphatic carbocycles. The monoisotopic (exact) mass is 794 g/mol. The van der Waals surface area contributed by atoms with Crippen LogP contribution in [0.2, 0.25) is 0 Å². The predicted molar refractivity (Wildman–Crippen MR) is 259 cm³/mol. The molecular formula is C56H34N4S. The molecule has 0 saturated carbocycles. The van der Waals surface area contributed by atoms with E-state index in [9.17, 15) is 0 Å². The Morgan fingerprint density at radius 2 is 1.15 bits per heavy atom. The molecule has 0 radical (unpaired) electrons. The highest BCUT2D eigenvalue weighted by Gasteiger charge is 2.21. The zero-order valence-corrected chi connectivity index (χ0v) is 33.6. The zero-order chi connectivity index (χ0) is 40.0. The van der Waals surface area contributed by atoms with Gasteiger partial charge in [0.2, 0.25) is 0 Å². The highest BCUT2D eigenvalue weighted by molar-refractivity contribution is 7.26. The summed E-state index contributed by atoms with van der Waals surface area (Å²) in [5, 5.41) is 12.0. The third-order valence-corrected chi connectivity index (χ3v) is 13.5. The summed E-state index contributed by atoms with van der Waals surface area (Å²) in [6.45, 7) is 0. The quantitative estimate of drug-likeness (QED) is 0.163. The van der Waals surface area contributed by atoms with Crippen molar-refractivity contribution >= 4 is 114 Å². The molecule has 0 aliphatic heterocycles. The molecule has 9 aromatic carbocycles. The Bertz CT molecular complexity index is 3900. The first-order valence-electron chi connectivity index (χ1n) is 20.6. The fourth-order valence-corrected chi connectivity index (χ4v) is 10.8. The fraction of sp³-hybridized carbons (Fsp3) is 0. The Morgan fingerprint density at radius 3 is 2.05 bits per heavy atom. The van der Waals surface area contributed by atoms with E-state index in [1.54, 1.807) is 0 Å². The minimum atomic E-state index is 0.883. The second-order valence-electron chi connectivity index (χ2n) is 15.8. The van der Waals surface area contributed by atoms with Crippen LogP contribution in [-0.2, 0) is 0 Å². The second kappa shape index (κ2) is 13.3. The van der Waals surface area contributed by atoms with E-state index in [1.807, 2.05) is 23.7 Å². The minimum absolute atomic E-state index is 0.883. The molecule has 284 valence electrons. The van der Waals surface area contributed by atoms with Crippen molar-refractivity contribution in [1.82, 2.24) is 14.5 Å². The van der Waals surface area contributed by atoms with Crippen LogP contribution in [0.4, 0.5) is 17.1 Å². The molecule has 61 heavy (non-hydrogen) atoms. The van der Waals surface area contributed by atoms with Gasteiger partial charge in [0.15, 0.2) is 0 Å².